The van der Waals surface area contributed by atoms with E-state index in [-0.39, 0.29) is 18.6 Å². The predicted molar refractivity (Wildman–Crippen MR) is 57.4 cm³/mol. The second kappa shape index (κ2) is 4.22. The Morgan fingerprint density at radius 2 is 2.31 bits per heavy atom. The van der Waals surface area contributed by atoms with Crippen LogP contribution < -0.4 is 10.5 Å². The van der Waals surface area contributed by atoms with Gasteiger partial charge >= 0.3 is 0 Å². The molecule has 4 heteroatoms. The van der Waals surface area contributed by atoms with Gasteiger partial charge in [0.2, 0.25) is 0 Å². The minimum Gasteiger partial charge on any atom is -0.487 e. The fourth-order valence-electron chi connectivity index (χ4n) is 1.89. The third-order valence-corrected chi connectivity index (χ3v) is 2.78. The summed E-state index contributed by atoms with van der Waals surface area (Å²) in [6.45, 7) is 0.275. The van der Waals surface area contributed by atoms with Crippen molar-refractivity contribution in [2.45, 2.75) is 12.5 Å². The Morgan fingerprint density at radius 1 is 1.50 bits per heavy atom. The summed E-state index contributed by atoms with van der Waals surface area (Å²) < 4.78 is 5.65. The van der Waals surface area contributed by atoms with Crippen molar-refractivity contribution in [3.8, 4) is 17.9 Å². The summed E-state index contributed by atoms with van der Waals surface area (Å²) in [5, 5.41) is 17.8. The molecule has 2 N–H and O–H groups in total. The van der Waals surface area contributed by atoms with Gasteiger partial charge in [0.15, 0.2) is 0 Å². The van der Waals surface area contributed by atoms with Crippen LogP contribution in [0.2, 0.25) is 0 Å². The van der Waals surface area contributed by atoms with Crippen LogP contribution in [0.1, 0.15) is 11.1 Å². The molecule has 80 valence electrons. The van der Waals surface area contributed by atoms with Gasteiger partial charge in [0.25, 0.3) is 0 Å². The SMILES string of the molecule is N#Cc1cccc2c1OC(C(C#N)CN)C2. The minimum absolute atomic E-state index is 0.223. The smallest absolute Gasteiger partial charge is 0.140 e. The molecule has 1 aromatic rings. The lowest BCUT2D eigenvalue weighted by atomic mass is 9.99. The van der Waals surface area contributed by atoms with Gasteiger partial charge in [0, 0.05) is 13.0 Å². The lowest BCUT2D eigenvalue weighted by Crippen LogP contribution is -2.30. The molecule has 2 atom stereocenters. The molecule has 1 heterocycles. The lowest BCUT2D eigenvalue weighted by Gasteiger charge is -2.14. The number of hydrogen-bond donors (Lipinski definition) is 1. The predicted octanol–water partition coefficient (Wildman–Crippen LogP) is 0.960. The van der Waals surface area contributed by atoms with Crippen molar-refractivity contribution >= 4 is 0 Å². The van der Waals surface area contributed by atoms with E-state index in [4.69, 9.17) is 21.0 Å². The maximum Gasteiger partial charge on any atom is 0.140 e. The van der Waals surface area contributed by atoms with Crippen LogP contribution in [0.15, 0.2) is 18.2 Å². The number of fused-ring (bicyclic) bond motifs is 1. The van der Waals surface area contributed by atoms with E-state index >= 15 is 0 Å². The van der Waals surface area contributed by atoms with E-state index in [1.54, 1.807) is 6.07 Å². The first-order chi connectivity index (χ1) is 7.80. The monoisotopic (exact) mass is 213 g/mol. The van der Waals surface area contributed by atoms with Gasteiger partial charge in [-0.05, 0) is 11.6 Å². The van der Waals surface area contributed by atoms with Crippen LogP contribution in [-0.4, -0.2) is 12.6 Å². The zero-order chi connectivity index (χ0) is 11.5. The van der Waals surface area contributed by atoms with Gasteiger partial charge < -0.3 is 10.5 Å². The number of rotatable bonds is 2. The van der Waals surface area contributed by atoms with Crippen molar-refractivity contribution < 1.29 is 4.74 Å². The van der Waals surface area contributed by atoms with E-state index in [1.807, 2.05) is 12.1 Å². The van der Waals surface area contributed by atoms with E-state index in [2.05, 4.69) is 12.1 Å². The molecule has 0 saturated carbocycles. The highest BCUT2D eigenvalue weighted by Gasteiger charge is 2.31. The summed E-state index contributed by atoms with van der Waals surface area (Å²) in [6.07, 6.45) is 0.430. The van der Waals surface area contributed by atoms with Crippen LogP contribution in [0, 0.1) is 28.6 Å². The molecule has 1 aromatic carbocycles. The third kappa shape index (κ3) is 1.60. The average molecular weight is 213 g/mol. The maximum absolute atomic E-state index is 8.92. The Kier molecular flexibility index (Phi) is 2.76. The van der Waals surface area contributed by atoms with Crippen molar-refractivity contribution in [3.63, 3.8) is 0 Å². The van der Waals surface area contributed by atoms with Crippen molar-refractivity contribution in [1.29, 1.82) is 10.5 Å². The second-order valence-corrected chi connectivity index (χ2v) is 3.74. The molecule has 0 aliphatic carbocycles. The second-order valence-electron chi connectivity index (χ2n) is 3.74. The Bertz CT molecular complexity index is 484. The third-order valence-electron chi connectivity index (χ3n) is 2.78. The highest BCUT2D eigenvalue weighted by atomic mass is 16.5. The normalized spacial score (nSPS) is 19.1. The van der Waals surface area contributed by atoms with Crippen LogP contribution in [-0.2, 0) is 6.42 Å². The average Bonchev–Trinajstić information content (AvgIpc) is 2.73. The fraction of sp³-hybridized carbons (Fsp3) is 0.333. The molecule has 2 rings (SSSR count). The topological polar surface area (TPSA) is 82.8 Å². The molecule has 0 aromatic heterocycles. The molecule has 1 aliphatic rings. The van der Waals surface area contributed by atoms with Crippen molar-refractivity contribution in [2.24, 2.45) is 11.7 Å². The van der Waals surface area contributed by atoms with Gasteiger partial charge in [0.05, 0.1) is 17.6 Å². The molecule has 0 amide bonds. The van der Waals surface area contributed by atoms with Gasteiger partial charge in [-0.15, -0.1) is 0 Å². The molecule has 0 spiro atoms. The standard InChI is InChI=1S/C12H11N3O/c13-5-9-3-1-2-8-4-11(16-12(8)9)10(6-14)7-15/h1-3,10-11H,4,6,14H2. The summed E-state index contributed by atoms with van der Waals surface area (Å²) in [5.74, 6) is 0.294. The Morgan fingerprint density at radius 3 is 2.94 bits per heavy atom. The maximum atomic E-state index is 8.92. The molecular weight excluding hydrogens is 202 g/mol. The number of benzene rings is 1. The number of ether oxygens (including phenoxy) is 1. The van der Waals surface area contributed by atoms with Crippen LogP contribution in [0.25, 0.3) is 0 Å². The summed E-state index contributed by atoms with van der Waals surface area (Å²) >= 11 is 0. The first-order valence-corrected chi connectivity index (χ1v) is 5.08. The number of nitrogens with zero attached hydrogens (tertiary/aromatic N) is 2. The summed E-state index contributed by atoms with van der Waals surface area (Å²) in [7, 11) is 0. The number of hydrogen-bond acceptors (Lipinski definition) is 4. The van der Waals surface area contributed by atoms with E-state index in [9.17, 15) is 0 Å². The van der Waals surface area contributed by atoms with Gasteiger partial charge in [-0.2, -0.15) is 10.5 Å². The summed E-state index contributed by atoms with van der Waals surface area (Å²) in [6, 6.07) is 9.67. The van der Waals surface area contributed by atoms with Crippen molar-refractivity contribution in [1.82, 2.24) is 0 Å². The van der Waals surface area contributed by atoms with Crippen LogP contribution in [0.3, 0.4) is 0 Å². The van der Waals surface area contributed by atoms with Crippen molar-refractivity contribution in [2.75, 3.05) is 6.54 Å². The fourth-order valence-corrected chi connectivity index (χ4v) is 1.89. The van der Waals surface area contributed by atoms with Gasteiger partial charge in [0.1, 0.15) is 17.9 Å². The molecule has 16 heavy (non-hydrogen) atoms. The Balaban J connectivity index is 2.29. The quantitative estimate of drug-likeness (QED) is 0.793. The number of nitriles is 2. The van der Waals surface area contributed by atoms with Gasteiger partial charge in [-0.25, -0.2) is 0 Å². The van der Waals surface area contributed by atoms with Gasteiger partial charge in [-0.3, -0.25) is 0 Å². The van der Waals surface area contributed by atoms with Crippen LogP contribution in [0.5, 0.6) is 5.75 Å². The number of nitrogens with two attached hydrogens (primary N) is 1. The highest BCUT2D eigenvalue weighted by molar-refractivity contribution is 5.51. The van der Waals surface area contributed by atoms with E-state index in [0.29, 0.717) is 17.7 Å². The Labute approximate surface area is 93.9 Å². The summed E-state index contributed by atoms with van der Waals surface area (Å²) in [4.78, 5) is 0. The molecule has 0 radical (unpaired) electrons. The highest BCUT2D eigenvalue weighted by Crippen LogP contribution is 2.34. The first-order valence-electron chi connectivity index (χ1n) is 5.08. The molecule has 0 bridgehead atoms. The lowest BCUT2D eigenvalue weighted by molar-refractivity contribution is 0.190. The Hall–Kier alpha value is -2.04. The summed E-state index contributed by atoms with van der Waals surface area (Å²) in [5.41, 5.74) is 7.01. The molecular formula is C12H11N3O. The van der Waals surface area contributed by atoms with Crippen molar-refractivity contribution in [3.05, 3.63) is 29.3 Å². The van der Waals surface area contributed by atoms with Crippen LogP contribution >= 0.6 is 0 Å². The number of para-hydroxylation sites is 1. The first kappa shape index (κ1) is 10.5. The largest absolute Gasteiger partial charge is 0.487 e. The minimum atomic E-state index is -0.320. The van der Waals surface area contributed by atoms with E-state index < -0.39 is 0 Å². The molecule has 0 fully saturated rings. The molecule has 4 nitrogen and oxygen atoms in total. The zero-order valence-corrected chi connectivity index (χ0v) is 8.68. The molecule has 2 unspecified atom stereocenters. The zero-order valence-electron chi connectivity index (χ0n) is 8.68. The van der Waals surface area contributed by atoms with E-state index in [0.717, 1.165) is 5.56 Å². The molecule has 0 saturated heterocycles. The van der Waals surface area contributed by atoms with Crippen LogP contribution in [0.4, 0.5) is 0 Å². The van der Waals surface area contributed by atoms with E-state index in [1.165, 1.54) is 0 Å². The van der Waals surface area contributed by atoms with Gasteiger partial charge in [-0.1, -0.05) is 12.1 Å². The molecule has 1 aliphatic heterocycles.